The average Bonchev–Trinajstić information content (AvgIpc) is 2.36. The van der Waals surface area contributed by atoms with Gasteiger partial charge in [0.15, 0.2) is 0 Å². The molecule has 1 fully saturated rings. The first-order chi connectivity index (χ1) is 4.69. The smallest absolute Gasteiger partial charge is 0.0939 e. The lowest BCUT2D eigenvalue weighted by atomic mass is 9.88. The second kappa shape index (κ2) is 2.86. The summed E-state index contributed by atoms with van der Waals surface area (Å²) in [5, 5.41) is 9.75. The van der Waals surface area contributed by atoms with E-state index >= 15 is 0 Å². The molecule has 0 spiro atoms. The van der Waals surface area contributed by atoms with Gasteiger partial charge < -0.3 is 15.6 Å². The van der Waals surface area contributed by atoms with Crippen molar-refractivity contribution in [3.8, 4) is 0 Å². The maximum Gasteiger partial charge on any atom is 0.0939 e. The van der Waals surface area contributed by atoms with E-state index in [1.165, 1.54) is 0 Å². The van der Waals surface area contributed by atoms with Crippen molar-refractivity contribution in [2.24, 2.45) is 11.7 Å². The van der Waals surface area contributed by atoms with E-state index in [1.54, 1.807) is 0 Å². The lowest BCUT2D eigenvalue weighted by Crippen LogP contribution is -2.40. The van der Waals surface area contributed by atoms with Crippen molar-refractivity contribution >= 4 is 0 Å². The fourth-order valence-electron chi connectivity index (χ4n) is 1.18. The first-order valence-corrected chi connectivity index (χ1v) is 3.69. The van der Waals surface area contributed by atoms with Crippen LogP contribution in [-0.2, 0) is 4.74 Å². The fourth-order valence-corrected chi connectivity index (χ4v) is 1.18. The van der Waals surface area contributed by atoms with Gasteiger partial charge >= 0.3 is 0 Å². The Kier molecular flexibility index (Phi) is 2.28. The minimum atomic E-state index is -0.644. The van der Waals surface area contributed by atoms with E-state index in [1.807, 2.05) is 6.92 Å². The Labute approximate surface area is 61.2 Å². The van der Waals surface area contributed by atoms with Crippen LogP contribution in [0.1, 0.15) is 13.3 Å². The number of hydrogen-bond donors (Lipinski definition) is 2. The fraction of sp³-hybridized carbons (Fsp3) is 1.00. The van der Waals surface area contributed by atoms with Crippen molar-refractivity contribution in [1.82, 2.24) is 0 Å². The SMILES string of the molecule is CC(CN)C1(O)CCOC1. The standard InChI is InChI=1S/C7H15NO2/c1-6(4-8)7(9)2-3-10-5-7/h6,9H,2-5,8H2,1H3. The molecule has 0 amide bonds. The summed E-state index contributed by atoms with van der Waals surface area (Å²) in [5.41, 5.74) is 4.78. The molecular weight excluding hydrogens is 130 g/mol. The molecule has 1 heterocycles. The van der Waals surface area contributed by atoms with Crippen LogP contribution in [0.25, 0.3) is 0 Å². The molecule has 0 aromatic heterocycles. The zero-order valence-electron chi connectivity index (χ0n) is 6.34. The molecule has 0 radical (unpaired) electrons. The third kappa shape index (κ3) is 1.31. The number of ether oxygens (including phenoxy) is 1. The Hall–Kier alpha value is -0.120. The molecule has 1 aliphatic rings. The van der Waals surface area contributed by atoms with Gasteiger partial charge in [-0.25, -0.2) is 0 Å². The second-order valence-corrected chi connectivity index (χ2v) is 3.04. The summed E-state index contributed by atoms with van der Waals surface area (Å²) >= 11 is 0. The third-order valence-corrected chi connectivity index (χ3v) is 2.30. The Balaban J connectivity index is 2.49. The summed E-state index contributed by atoms with van der Waals surface area (Å²) in [6.45, 7) is 3.60. The number of aliphatic hydroxyl groups is 1. The van der Waals surface area contributed by atoms with Crippen LogP contribution >= 0.6 is 0 Å². The van der Waals surface area contributed by atoms with Crippen molar-refractivity contribution < 1.29 is 9.84 Å². The van der Waals surface area contributed by atoms with E-state index in [4.69, 9.17) is 10.5 Å². The molecule has 3 heteroatoms. The number of nitrogens with two attached hydrogens (primary N) is 1. The summed E-state index contributed by atoms with van der Waals surface area (Å²) in [7, 11) is 0. The van der Waals surface area contributed by atoms with Crippen LogP contribution < -0.4 is 5.73 Å². The molecule has 3 N–H and O–H groups in total. The van der Waals surface area contributed by atoms with Crippen LogP contribution in [0.4, 0.5) is 0 Å². The van der Waals surface area contributed by atoms with Crippen molar-refractivity contribution in [2.45, 2.75) is 18.9 Å². The van der Waals surface area contributed by atoms with Crippen molar-refractivity contribution in [3.63, 3.8) is 0 Å². The van der Waals surface area contributed by atoms with Crippen LogP contribution in [0.2, 0.25) is 0 Å². The van der Waals surface area contributed by atoms with Crippen LogP contribution in [0, 0.1) is 5.92 Å². The first kappa shape index (κ1) is 7.98. The van der Waals surface area contributed by atoms with E-state index in [-0.39, 0.29) is 5.92 Å². The summed E-state index contributed by atoms with van der Waals surface area (Å²) in [4.78, 5) is 0. The molecule has 0 aliphatic carbocycles. The Morgan fingerprint density at radius 3 is 2.90 bits per heavy atom. The van der Waals surface area contributed by atoms with Crippen molar-refractivity contribution in [3.05, 3.63) is 0 Å². The van der Waals surface area contributed by atoms with E-state index < -0.39 is 5.60 Å². The van der Waals surface area contributed by atoms with Crippen LogP contribution in [-0.4, -0.2) is 30.5 Å². The van der Waals surface area contributed by atoms with Gasteiger partial charge in [-0.2, -0.15) is 0 Å². The average molecular weight is 145 g/mol. The van der Waals surface area contributed by atoms with Crippen molar-refractivity contribution in [1.29, 1.82) is 0 Å². The van der Waals surface area contributed by atoms with Gasteiger partial charge in [-0.3, -0.25) is 0 Å². The van der Waals surface area contributed by atoms with E-state index in [9.17, 15) is 5.11 Å². The molecule has 0 bridgehead atoms. The molecule has 0 aromatic carbocycles. The van der Waals surface area contributed by atoms with Gasteiger partial charge in [0.1, 0.15) is 0 Å². The van der Waals surface area contributed by atoms with E-state index in [0.717, 1.165) is 6.42 Å². The Morgan fingerprint density at radius 2 is 2.50 bits per heavy atom. The normalized spacial score (nSPS) is 36.3. The summed E-state index contributed by atoms with van der Waals surface area (Å²) in [6, 6.07) is 0. The molecule has 2 unspecified atom stereocenters. The highest BCUT2D eigenvalue weighted by atomic mass is 16.5. The lowest BCUT2D eigenvalue weighted by molar-refractivity contribution is -0.0156. The third-order valence-electron chi connectivity index (χ3n) is 2.30. The van der Waals surface area contributed by atoms with Gasteiger partial charge in [0.05, 0.1) is 12.2 Å². The van der Waals surface area contributed by atoms with E-state index in [2.05, 4.69) is 0 Å². The van der Waals surface area contributed by atoms with Gasteiger partial charge in [0.2, 0.25) is 0 Å². The molecule has 10 heavy (non-hydrogen) atoms. The van der Waals surface area contributed by atoms with E-state index in [0.29, 0.717) is 19.8 Å². The minimum absolute atomic E-state index is 0.148. The molecule has 2 atom stereocenters. The first-order valence-electron chi connectivity index (χ1n) is 3.69. The molecule has 1 rings (SSSR count). The maximum atomic E-state index is 9.75. The molecule has 3 nitrogen and oxygen atoms in total. The molecular formula is C7H15NO2. The van der Waals surface area contributed by atoms with Gasteiger partial charge in [0, 0.05) is 13.0 Å². The second-order valence-electron chi connectivity index (χ2n) is 3.04. The van der Waals surface area contributed by atoms with Crippen LogP contribution in [0.15, 0.2) is 0 Å². The zero-order valence-corrected chi connectivity index (χ0v) is 6.34. The molecule has 60 valence electrons. The molecule has 0 saturated carbocycles. The highest BCUT2D eigenvalue weighted by Crippen LogP contribution is 2.25. The molecule has 1 saturated heterocycles. The summed E-state index contributed by atoms with van der Waals surface area (Å²) in [5.74, 6) is 0.148. The van der Waals surface area contributed by atoms with Crippen LogP contribution in [0.3, 0.4) is 0 Å². The predicted octanol–water partition coefficient (Wildman–Crippen LogP) is -0.267. The lowest BCUT2D eigenvalue weighted by Gasteiger charge is -2.26. The van der Waals surface area contributed by atoms with Crippen molar-refractivity contribution in [2.75, 3.05) is 19.8 Å². The largest absolute Gasteiger partial charge is 0.387 e. The predicted molar refractivity (Wildman–Crippen MR) is 38.6 cm³/mol. The maximum absolute atomic E-state index is 9.75. The highest BCUT2D eigenvalue weighted by Gasteiger charge is 2.36. The van der Waals surface area contributed by atoms with Gasteiger partial charge in [-0.15, -0.1) is 0 Å². The molecule has 0 aromatic rings. The Morgan fingerprint density at radius 1 is 1.80 bits per heavy atom. The monoisotopic (exact) mass is 145 g/mol. The quantitative estimate of drug-likeness (QED) is 0.562. The number of rotatable bonds is 2. The Bertz CT molecular complexity index is 110. The zero-order chi connectivity index (χ0) is 7.61. The van der Waals surface area contributed by atoms with Gasteiger partial charge in [0.25, 0.3) is 0 Å². The van der Waals surface area contributed by atoms with Crippen LogP contribution in [0.5, 0.6) is 0 Å². The highest BCUT2D eigenvalue weighted by molar-refractivity contribution is 4.87. The summed E-state index contributed by atoms with van der Waals surface area (Å²) in [6.07, 6.45) is 0.728. The topological polar surface area (TPSA) is 55.5 Å². The summed E-state index contributed by atoms with van der Waals surface area (Å²) < 4.78 is 5.08. The number of hydrogen-bond acceptors (Lipinski definition) is 3. The van der Waals surface area contributed by atoms with Gasteiger partial charge in [-0.05, 0) is 12.5 Å². The minimum Gasteiger partial charge on any atom is -0.387 e. The molecule has 1 aliphatic heterocycles. The van der Waals surface area contributed by atoms with Gasteiger partial charge in [-0.1, -0.05) is 6.92 Å².